The van der Waals surface area contributed by atoms with Crippen LogP contribution >= 0.6 is 0 Å². The fourth-order valence-corrected chi connectivity index (χ4v) is 1.18. The van der Waals surface area contributed by atoms with Crippen molar-refractivity contribution in [2.24, 2.45) is 5.92 Å². The molecule has 0 rings (SSSR count). The highest BCUT2D eigenvalue weighted by Gasteiger charge is 2.20. The largest absolute Gasteiger partial charge is 0.457 e. The van der Waals surface area contributed by atoms with Crippen molar-refractivity contribution < 1.29 is 9.53 Å². The summed E-state index contributed by atoms with van der Waals surface area (Å²) >= 11 is 0. The molecule has 0 heterocycles. The summed E-state index contributed by atoms with van der Waals surface area (Å²) in [7, 11) is 0. The molecule has 13 heavy (non-hydrogen) atoms. The Labute approximate surface area is 81.0 Å². The molecule has 0 saturated heterocycles. The van der Waals surface area contributed by atoms with Gasteiger partial charge in [0.1, 0.15) is 5.60 Å². The minimum Gasteiger partial charge on any atom is -0.457 e. The van der Waals surface area contributed by atoms with Crippen LogP contribution < -0.4 is 0 Å². The first-order valence-corrected chi connectivity index (χ1v) is 4.79. The standard InChI is InChI=1S/C11H20O2/c1-5-11(4,13-9-12)8-6-7-10(2)3/h5,9-10H,1,6-8H2,2-4H3. The lowest BCUT2D eigenvalue weighted by Gasteiger charge is -2.23. The van der Waals surface area contributed by atoms with Crippen LogP contribution in [0, 0.1) is 5.92 Å². The van der Waals surface area contributed by atoms with Crippen LogP contribution in [-0.2, 0) is 9.53 Å². The molecular formula is C11H20O2. The molecule has 0 fully saturated rings. The quantitative estimate of drug-likeness (QED) is 0.449. The molecule has 0 spiro atoms. The molecule has 1 unspecified atom stereocenters. The van der Waals surface area contributed by atoms with Crippen molar-refractivity contribution in [3.8, 4) is 0 Å². The van der Waals surface area contributed by atoms with Crippen LogP contribution in [0.4, 0.5) is 0 Å². The van der Waals surface area contributed by atoms with E-state index < -0.39 is 5.60 Å². The van der Waals surface area contributed by atoms with Crippen molar-refractivity contribution in [1.82, 2.24) is 0 Å². The molecule has 1 atom stereocenters. The lowest BCUT2D eigenvalue weighted by atomic mass is 9.96. The molecular weight excluding hydrogens is 164 g/mol. The Hall–Kier alpha value is -0.790. The van der Waals surface area contributed by atoms with Gasteiger partial charge < -0.3 is 4.74 Å². The van der Waals surface area contributed by atoms with Crippen LogP contribution in [0.1, 0.15) is 40.0 Å². The van der Waals surface area contributed by atoms with Crippen molar-refractivity contribution >= 4 is 6.47 Å². The highest BCUT2D eigenvalue weighted by atomic mass is 16.5. The molecule has 0 bridgehead atoms. The molecule has 0 aliphatic heterocycles. The molecule has 0 radical (unpaired) electrons. The molecule has 0 N–H and O–H groups in total. The first-order valence-electron chi connectivity index (χ1n) is 4.79. The normalized spacial score (nSPS) is 15.1. The average Bonchev–Trinajstić information content (AvgIpc) is 2.04. The van der Waals surface area contributed by atoms with Gasteiger partial charge in [-0.15, -0.1) is 0 Å². The molecule has 0 aliphatic rings. The van der Waals surface area contributed by atoms with Gasteiger partial charge in [-0.25, -0.2) is 0 Å². The third-order valence-corrected chi connectivity index (χ3v) is 2.20. The molecule has 2 heteroatoms. The van der Waals surface area contributed by atoms with Crippen molar-refractivity contribution in [3.05, 3.63) is 12.7 Å². The van der Waals surface area contributed by atoms with E-state index in [1.807, 2.05) is 6.92 Å². The Morgan fingerprint density at radius 1 is 1.54 bits per heavy atom. The maximum absolute atomic E-state index is 10.2. The fourth-order valence-electron chi connectivity index (χ4n) is 1.18. The summed E-state index contributed by atoms with van der Waals surface area (Å²) < 4.78 is 4.96. The van der Waals surface area contributed by atoms with E-state index in [0.717, 1.165) is 19.3 Å². The van der Waals surface area contributed by atoms with Gasteiger partial charge in [-0.3, -0.25) is 4.79 Å². The van der Waals surface area contributed by atoms with Gasteiger partial charge in [0, 0.05) is 0 Å². The topological polar surface area (TPSA) is 26.3 Å². The second kappa shape index (κ2) is 5.79. The van der Waals surface area contributed by atoms with Crippen LogP contribution in [0.5, 0.6) is 0 Å². The van der Waals surface area contributed by atoms with E-state index in [-0.39, 0.29) is 0 Å². The molecule has 0 aliphatic carbocycles. The highest BCUT2D eigenvalue weighted by molar-refractivity contribution is 5.39. The summed E-state index contributed by atoms with van der Waals surface area (Å²) in [4.78, 5) is 10.2. The Kier molecular flexibility index (Phi) is 5.44. The van der Waals surface area contributed by atoms with Crippen molar-refractivity contribution in [2.75, 3.05) is 0 Å². The molecule has 0 amide bonds. The van der Waals surface area contributed by atoms with E-state index in [2.05, 4.69) is 20.4 Å². The SMILES string of the molecule is C=CC(C)(CCCC(C)C)OC=O. The lowest BCUT2D eigenvalue weighted by molar-refractivity contribution is -0.138. The number of rotatable bonds is 7. The fraction of sp³-hybridized carbons (Fsp3) is 0.727. The second-order valence-corrected chi connectivity index (χ2v) is 4.02. The van der Waals surface area contributed by atoms with E-state index in [4.69, 9.17) is 4.74 Å². The monoisotopic (exact) mass is 184 g/mol. The predicted octanol–water partition coefficient (Wildman–Crippen LogP) is 2.93. The van der Waals surface area contributed by atoms with E-state index in [0.29, 0.717) is 12.4 Å². The smallest absolute Gasteiger partial charge is 0.293 e. The Morgan fingerprint density at radius 2 is 2.15 bits per heavy atom. The van der Waals surface area contributed by atoms with Gasteiger partial charge in [0.25, 0.3) is 6.47 Å². The molecule has 0 saturated carbocycles. The van der Waals surface area contributed by atoms with Gasteiger partial charge >= 0.3 is 0 Å². The molecule has 0 aromatic carbocycles. The summed E-state index contributed by atoms with van der Waals surface area (Å²) in [5.74, 6) is 0.699. The third-order valence-electron chi connectivity index (χ3n) is 2.20. The summed E-state index contributed by atoms with van der Waals surface area (Å²) in [6.07, 6.45) is 4.77. The first kappa shape index (κ1) is 12.2. The average molecular weight is 184 g/mol. The van der Waals surface area contributed by atoms with Gasteiger partial charge in [-0.1, -0.05) is 26.8 Å². The maximum Gasteiger partial charge on any atom is 0.293 e. The van der Waals surface area contributed by atoms with Crippen molar-refractivity contribution in [1.29, 1.82) is 0 Å². The van der Waals surface area contributed by atoms with Crippen molar-refractivity contribution in [3.63, 3.8) is 0 Å². The zero-order chi connectivity index (χ0) is 10.3. The van der Waals surface area contributed by atoms with E-state index in [1.165, 1.54) is 0 Å². The minimum atomic E-state index is -0.476. The van der Waals surface area contributed by atoms with Crippen LogP contribution in [0.3, 0.4) is 0 Å². The number of carbonyl (C=O) groups excluding carboxylic acids is 1. The van der Waals surface area contributed by atoms with E-state index in [9.17, 15) is 4.79 Å². The summed E-state index contributed by atoms with van der Waals surface area (Å²) in [5.41, 5.74) is -0.476. The number of ether oxygens (including phenoxy) is 1. The van der Waals surface area contributed by atoms with Crippen LogP contribution in [0.2, 0.25) is 0 Å². The van der Waals surface area contributed by atoms with Gasteiger partial charge in [-0.2, -0.15) is 0 Å². The maximum atomic E-state index is 10.2. The zero-order valence-electron chi connectivity index (χ0n) is 8.88. The lowest BCUT2D eigenvalue weighted by Crippen LogP contribution is -2.25. The van der Waals surface area contributed by atoms with Crippen molar-refractivity contribution in [2.45, 2.75) is 45.6 Å². The molecule has 0 aromatic heterocycles. The van der Waals surface area contributed by atoms with Gasteiger partial charge in [0.2, 0.25) is 0 Å². The summed E-state index contributed by atoms with van der Waals surface area (Å²) in [6.45, 7) is 10.4. The van der Waals surface area contributed by atoms with Gasteiger partial charge in [-0.05, 0) is 31.8 Å². The van der Waals surface area contributed by atoms with Gasteiger partial charge in [0.05, 0.1) is 0 Å². The number of hydrogen-bond donors (Lipinski definition) is 0. The Balaban J connectivity index is 3.83. The third kappa shape index (κ3) is 5.45. The molecule has 0 aromatic rings. The summed E-state index contributed by atoms with van der Waals surface area (Å²) in [6, 6.07) is 0. The number of carbonyl (C=O) groups is 1. The van der Waals surface area contributed by atoms with Gasteiger partial charge in [0.15, 0.2) is 0 Å². The predicted molar refractivity (Wildman–Crippen MR) is 54.4 cm³/mol. The Morgan fingerprint density at radius 3 is 2.54 bits per heavy atom. The zero-order valence-corrected chi connectivity index (χ0v) is 8.88. The summed E-state index contributed by atoms with van der Waals surface area (Å²) in [5, 5.41) is 0. The van der Waals surface area contributed by atoms with Crippen LogP contribution in [-0.4, -0.2) is 12.1 Å². The van der Waals surface area contributed by atoms with E-state index in [1.54, 1.807) is 6.08 Å². The minimum absolute atomic E-state index is 0.476. The molecule has 2 nitrogen and oxygen atoms in total. The second-order valence-electron chi connectivity index (χ2n) is 4.02. The van der Waals surface area contributed by atoms with Crippen LogP contribution in [0.25, 0.3) is 0 Å². The number of hydrogen-bond acceptors (Lipinski definition) is 2. The van der Waals surface area contributed by atoms with Crippen LogP contribution in [0.15, 0.2) is 12.7 Å². The first-order chi connectivity index (χ1) is 6.04. The van der Waals surface area contributed by atoms with E-state index >= 15 is 0 Å². The highest BCUT2D eigenvalue weighted by Crippen LogP contribution is 2.20. The Bertz CT molecular complexity index is 163. The molecule has 76 valence electrons.